The van der Waals surface area contributed by atoms with Crippen LogP contribution in [0, 0.1) is 0 Å². The highest BCUT2D eigenvalue weighted by Gasteiger charge is 2.23. The fraction of sp³-hybridized carbons (Fsp3) is 0.280. The SMILES string of the molecule is CC(C(=O)Nc1nc(C(C)(C)C)cs1)c1cn(Cc2ccccc2)c2ccc(Cl)cc12. The zero-order valence-corrected chi connectivity index (χ0v) is 19.7. The third kappa shape index (κ3) is 4.68. The number of anilines is 1. The molecule has 1 atom stereocenters. The topological polar surface area (TPSA) is 46.9 Å². The first kappa shape index (κ1) is 21.6. The van der Waals surface area contributed by atoms with Crippen molar-refractivity contribution in [3.05, 3.63) is 82.0 Å². The van der Waals surface area contributed by atoms with Gasteiger partial charge in [0.15, 0.2) is 5.13 Å². The van der Waals surface area contributed by atoms with E-state index in [4.69, 9.17) is 11.6 Å². The van der Waals surface area contributed by atoms with E-state index in [1.54, 1.807) is 0 Å². The summed E-state index contributed by atoms with van der Waals surface area (Å²) >= 11 is 7.76. The number of carbonyl (C=O) groups excluding carboxylic acids is 1. The van der Waals surface area contributed by atoms with Crippen molar-refractivity contribution in [3.63, 3.8) is 0 Å². The average Bonchev–Trinajstić information content (AvgIpc) is 3.33. The van der Waals surface area contributed by atoms with Crippen LogP contribution in [0.1, 0.15) is 50.4 Å². The van der Waals surface area contributed by atoms with Crippen LogP contribution >= 0.6 is 22.9 Å². The quantitative estimate of drug-likeness (QED) is 0.361. The Kier molecular flexibility index (Phi) is 5.91. The average molecular weight is 452 g/mol. The number of aromatic nitrogens is 2. The summed E-state index contributed by atoms with van der Waals surface area (Å²) in [5.74, 6) is -0.423. The maximum absolute atomic E-state index is 13.1. The maximum atomic E-state index is 13.1. The third-order valence-electron chi connectivity index (χ3n) is 5.43. The van der Waals surface area contributed by atoms with Crippen molar-refractivity contribution in [1.29, 1.82) is 0 Å². The van der Waals surface area contributed by atoms with Gasteiger partial charge in [-0.3, -0.25) is 4.79 Å². The van der Waals surface area contributed by atoms with Gasteiger partial charge in [-0.05, 0) is 36.2 Å². The van der Waals surface area contributed by atoms with Gasteiger partial charge in [-0.25, -0.2) is 4.98 Å². The van der Waals surface area contributed by atoms with E-state index < -0.39 is 0 Å². The molecule has 0 spiro atoms. The molecular weight excluding hydrogens is 426 g/mol. The molecule has 6 heteroatoms. The first-order valence-electron chi connectivity index (χ1n) is 10.3. The predicted molar refractivity (Wildman–Crippen MR) is 130 cm³/mol. The van der Waals surface area contributed by atoms with Crippen LogP contribution in [0.3, 0.4) is 0 Å². The fourth-order valence-corrected chi connectivity index (χ4v) is 4.70. The second-order valence-corrected chi connectivity index (χ2v) is 10.2. The van der Waals surface area contributed by atoms with Crippen LogP contribution < -0.4 is 5.32 Å². The highest BCUT2D eigenvalue weighted by Crippen LogP contribution is 2.32. The van der Waals surface area contributed by atoms with Crippen LogP contribution in [-0.4, -0.2) is 15.5 Å². The monoisotopic (exact) mass is 451 g/mol. The second-order valence-electron chi connectivity index (χ2n) is 8.86. The lowest BCUT2D eigenvalue weighted by Gasteiger charge is -2.14. The van der Waals surface area contributed by atoms with Crippen molar-refractivity contribution in [2.45, 2.75) is 45.6 Å². The Labute approximate surface area is 191 Å². The number of thiazole rings is 1. The lowest BCUT2D eigenvalue weighted by molar-refractivity contribution is -0.117. The minimum absolute atomic E-state index is 0.0489. The number of fused-ring (bicyclic) bond motifs is 1. The van der Waals surface area contributed by atoms with Crippen LogP contribution in [-0.2, 0) is 16.8 Å². The van der Waals surface area contributed by atoms with Gasteiger partial charge in [-0.2, -0.15) is 0 Å². The van der Waals surface area contributed by atoms with Gasteiger partial charge in [0.1, 0.15) is 0 Å². The van der Waals surface area contributed by atoms with E-state index in [1.807, 2.05) is 48.7 Å². The standard InChI is InChI=1S/C25H26ClN3OS/c1-16(23(30)28-24-27-22(15-31-24)25(2,3)4)20-14-29(13-17-8-6-5-7-9-17)21-11-10-18(26)12-19(20)21/h5-12,14-16H,13H2,1-4H3,(H,27,28,30). The van der Waals surface area contributed by atoms with Gasteiger partial charge in [0.25, 0.3) is 0 Å². The molecule has 1 unspecified atom stereocenters. The van der Waals surface area contributed by atoms with Crippen molar-refractivity contribution >= 4 is 44.9 Å². The van der Waals surface area contributed by atoms with Crippen molar-refractivity contribution < 1.29 is 4.79 Å². The zero-order chi connectivity index (χ0) is 22.2. The molecule has 160 valence electrons. The molecule has 2 aromatic heterocycles. The second kappa shape index (κ2) is 8.48. The van der Waals surface area contributed by atoms with E-state index in [0.29, 0.717) is 10.2 Å². The molecule has 2 aromatic carbocycles. The lowest BCUT2D eigenvalue weighted by atomic mass is 9.93. The minimum Gasteiger partial charge on any atom is -0.343 e. The van der Waals surface area contributed by atoms with Crippen LogP contribution in [0.4, 0.5) is 5.13 Å². The molecule has 0 aliphatic carbocycles. The minimum atomic E-state index is -0.347. The van der Waals surface area contributed by atoms with E-state index in [-0.39, 0.29) is 17.2 Å². The molecule has 1 N–H and O–H groups in total. The first-order chi connectivity index (χ1) is 14.7. The molecule has 2 heterocycles. The summed E-state index contributed by atoms with van der Waals surface area (Å²) in [6.45, 7) is 9.00. The van der Waals surface area contributed by atoms with Crippen molar-refractivity contribution in [3.8, 4) is 0 Å². The largest absolute Gasteiger partial charge is 0.343 e. The summed E-state index contributed by atoms with van der Waals surface area (Å²) in [7, 11) is 0. The first-order valence-corrected chi connectivity index (χ1v) is 11.6. The van der Waals surface area contributed by atoms with Crippen molar-refractivity contribution in [2.24, 2.45) is 0 Å². The predicted octanol–water partition coefficient (Wildman–Crippen LogP) is 6.84. The number of hydrogen-bond donors (Lipinski definition) is 1. The van der Waals surface area contributed by atoms with E-state index in [9.17, 15) is 4.79 Å². The van der Waals surface area contributed by atoms with Gasteiger partial charge in [0.2, 0.25) is 5.91 Å². The smallest absolute Gasteiger partial charge is 0.233 e. The van der Waals surface area contributed by atoms with Crippen LogP contribution in [0.25, 0.3) is 10.9 Å². The molecule has 0 saturated carbocycles. The Morgan fingerprint density at radius 1 is 1.19 bits per heavy atom. The number of rotatable bonds is 5. The van der Waals surface area contributed by atoms with Gasteiger partial charge in [-0.15, -0.1) is 11.3 Å². The summed E-state index contributed by atoms with van der Waals surface area (Å²) in [6.07, 6.45) is 2.07. The highest BCUT2D eigenvalue weighted by molar-refractivity contribution is 7.14. The number of hydrogen-bond acceptors (Lipinski definition) is 3. The molecule has 0 radical (unpaired) electrons. The van der Waals surface area contributed by atoms with Gasteiger partial charge in [-0.1, -0.05) is 62.7 Å². The van der Waals surface area contributed by atoms with Gasteiger partial charge < -0.3 is 9.88 Å². The Morgan fingerprint density at radius 3 is 2.61 bits per heavy atom. The zero-order valence-electron chi connectivity index (χ0n) is 18.1. The van der Waals surface area contributed by atoms with Crippen molar-refractivity contribution in [2.75, 3.05) is 5.32 Å². The molecule has 0 bridgehead atoms. The molecule has 0 fully saturated rings. The summed E-state index contributed by atoms with van der Waals surface area (Å²) in [5.41, 5.74) is 4.15. The third-order valence-corrected chi connectivity index (χ3v) is 6.43. The Bertz CT molecular complexity index is 1220. The summed E-state index contributed by atoms with van der Waals surface area (Å²) in [6, 6.07) is 16.1. The molecule has 31 heavy (non-hydrogen) atoms. The Balaban J connectivity index is 1.64. The molecule has 4 nitrogen and oxygen atoms in total. The Hall–Kier alpha value is -2.63. The maximum Gasteiger partial charge on any atom is 0.233 e. The molecule has 4 rings (SSSR count). The number of amides is 1. The Morgan fingerprint density at radius 2 is 1.94 bits per heavy atom. The number of halogens is 1. The van der Waals surface area contributed by atoms with E-state index in [2.05, 4.69) is 54.0 Å². The molecular formula is C25H26ClN3OS. The lowest BCUT2D eigenvalue weighted by Crippen LogP contribution is -2.19. The summed E-state index contributed by atoms with van der Waals surface area (Å²) < 4.78 is 2.18. The van der Waals surface area contributed by atoms with Crippen LogP contribution in [0.2, 0.25) is 5.02 Å². The van der Waals surface area contributed by atoms with Crippen LogP contribution in [0.15, 0.2) is 60.1 Å². The molecule has 0 aliphatic rings. The molecule has 0 aliphatic heterocycles. The van der Waals surface area contributed by atoms with Gasteiger partial charge in [0, 0.05) is 39.5 Å². The summed E-state index contributed by atoms with van der Waals surface area (Å²) in [4.78, 5) is 17.7. The molecule has 0 saturated heterocycles. The summed E-state index contributed by atoms with van der Waals surface area (Å²) in [5, 5.41) is 7.30. The van der Waals surface area contributed by atoms with Gasteiger partial charge >= 0.3 is 0 Å². The number of carbonyl (C=O) groups is 1. The van der Waals surface area contributed by atoms with E-state index in [1.165, 1.54) is 16.9 Å². The van der Waals surface area contributed by atoms with Crippen molar-refractivity contribution in [1.82, 2.24) is 9.55 Å². The number of benzene rings is 2. The molecule has 1 amide bonds. The number of nitrogens with one attached hydrogen (secondary N) is 1. The van der Waals surface area contributed by atoms with E-state index in [0.717, 1.165) is 28.7 Å². The fourth-order valence-electron chi connectivity index (χ4n) is 3.58. The molecule has 4 aromatic rings. The van der Waals surface area contributed by atoms with Crippen LogP contribution in [0.5, 0.6) is 0 Å². The van der Waals surface area contributed by atoms with E-state index >= 15 is 0 Å². The highest BCUT2D eigenvalue weighted by atomic mass is 35.5. The number of nitrogens with zero attached hydrogens (tertiary/aromatic N) is 2. The van der Waals surface area contributed by atoms with Gasteiger partial charge in [0.05, 0.1) is 11.6 Å². The normalized spacial score (nSPS) is 12.8.